The number of pyridine rings is 1. The zero-order valence-electron chi connectivity index (χ0n) is 6.95. The number of hydrogen-bond donors (Lipinski definition) is 1. The average molecular weight is 338 g/mol. The van der Waals surface area contributed by atoms with Crippen LogP contribution in [0.5, 0.6) is 0 Å². The molecule has 1 heterocycles. The molecule has 2 nitrogen and oxygen atoms in total. The number of hydrogen-bond acceptors (Lipinski definition) is 2. The van der Waals surface area contributed by atoms with Gasteiger partial charge in [0.25, 0.3) is 6.43 Å². The third-order valence-corrected chi connectivity index (χ3v) is 2.63. The molecule has 8 heteroatoms. The summed E-state index contributed by atoms with van der Waals surface area (Å²) in [7, 11) is 0. The molecule has 15 heavy (non-hydrogen) atoms. The second kappa shape index (κ2) is 4.06. The van der Waals surface area contributed by atoms with E-state index in [0.29, 0.717) is 0 Å². The number of halogens is 6. The lowest BCUT2D eigenvalue weighted by Crippen LogP contribution is -2.14. The van der Waals surface area contributed by atoms with Crippen LogP contribution >= 0.6 is 22.6 Å². The highest BCUT2D eigenvalue weighted by atomic mass is 127. The predicted molar refractivity (Wildman–Crippen MR) is 51.3 cm³/mol. The van der Waals surface area contributed by atoms with Crippen LogP contribution in [0, 0.1) is 3.57 Å². The van der Waals surface area contributed by atoms with Crippen molar-refractivity contribution in [3.05, 3.63) is 21.0 Å². The molecule has 0 amide bonds. The highest BCUT2D eigenvalue weighted by Gasteiger charge is 2.36. The minimum absolute atomic E-state index is 0.353. The van der Waals surface area contributed by atoms with Gasteiger partial charge in [0, 0.05) is 5.69 Å². The fourth-order valence-corrected chi connectivity index (χ4v) is 1.45. The molecule has 0 aliphatic carbocycles. The molecule has 0 saturated heterocycles. The van der Waals surface area contributed by atoms with Crippen molar-refractivity contribution in [2.24, 2.45) is 0 Å². The summed E-state index contributed by atoms with van der Waals surface area (Å²) in [4.78, 5) is 2.84. The Morgan fingerprint density at radius 2 is 1.87 bits per heavy atom. The van der Waals surface area contributed by atoms with Crippen molar-refractivity contribution in [2.45, 2.75) is 12.6 Å². The minimum atomic E-state index is -4.78. The molecule has 0 bridgehead atoms. The Morgan fingerprint density at radius 3 is 2.27 bits per heavy atom. The van der Waals surface area contributed by atoms with E-state index < -0.39 is 24.0 Å². The van der Waals surface area contributed by atoms with E-state index in [-0.39, 0.29) is 9.26 Å². The summed E-state index contributed by atoms with van der Waals surface area (Å²) < 4.78 is 60.9. The summed E-state index contributed by atoms with van der Waals surface area (Å²) in [6.07, 6.45) is -7.86. The van der Waals surface area contributed by atoms with Crippen molar-refractivity contribution in [3.63, 3.8) is 0 Å². The standard InChI is InChI=1S/C7H4F5IN2/c8-6(9)3-1-2(14)4(13)5(15-3)7(10,11)12/h1,6H,(H2,14,15). The largest absolute Gasteiger partial charge is 0.434 e. The first-order valence-corrected chi connectivity index (χ1v) is 4.62. The Balaban J connectivity index is 3.38. The normalized spacial score (nSPS) is 12.2. The maximum Gasteiger partial charge on any atom is 0.434 e. The number of nitrogens with zero attached hydrogens (tertiary/aromatic N) is 1. The van der Waals surface area contributed by atoms with E-state index in [1.807, 2.05) is 0 Å². The van der Waals surface area contributed by atoms with Gasteiger partial charge in [0.15, 0.2) is 5.69 Å². The second-order valence-corrected chi connectivity index (χ2v) is 3.68. The first-order chi connectivity index (χ1) is 6.73. The molecule has 0 aliphatic rings. The van der Waals surface area contributed by atoms with E-state index in [1.54, 1.807) is 0 Å². The van der Waals surface area contributed by atoms with E-state index in [2.05, 4.69) is 4.98 Å². The molecule has 0 radical (unpaired) electrons. The van der Waals surface area contributed by atoms with Crippen LogP contribution in [-0.2, 0) is 6.18 Å². The van der Waals surface area contributed by atoms with Gasteiger partial charge in [0.05, 0.1) is 3.57 Å². The number of nitrogens with two attached hydrogens (primary N) is 1. The summed E-state index contributed by atoms with van der Waals surface area (Å²) in [5.41, 5.74) is 2.47. The van der Waals surface area contributed by atoms with Gasteiger partial charge in [-0.3, -0.25) is 0 Å². The summed E-state index contributed by atoms with van der Waals surface area (Å²) >= 11 is 1.32. The number of nitrogen functional groups attached to an aromatic ring is 1. The predicted octanol–water partition coefficient (Wildman–Crippen LogP) is 3.22. The molecule has 2 N–H and O–H groups in total. The molecule has 0 unspecified atom stereocenters. The average Bonchev–Trinajstić information content (AvgIpc) is 2.06. The van der Waals surface area contributed by atoms with Crippen molar-refractivity contribution in [1.82, 2.24) is 4.98 Å². The lowest BCUT2D eigenvalue weighted by Gasteiger charge is -2.11. The third-order valence-electron chi connectivity index (χ3n) is 1.50. The van der Waals surface area contributed by atoms with Gasteiger partial charge in [-0.15, -0.1) is 0 Å². The monoisotopic (exact) mass is 338 g/mol. The Labute approximate surface area is 94.8 Å². The van der Waals surface area contributed by atoms with E-state index in [9.17, 15) is 22.0 Å². The molecule has 1 aromatic rings. The molecule has 0 aliphatic heterocycles. The lowest BCUT2D eigenvalue weighted by molar-refractivity contribution is -0.142. The smallest absolute Gasteiger partial charge is 0.398 e. The van der Waals surface area contributed by atoms with E-state index in [1.165, 1.54) is 22.6 Å². The molecule has 0 aromatic carbocycles. The molecular weight excluding hydrogens is 334 g/mol. The highest BCUT2D eigenvalue weighted by molar-refractivity contribution is 14.1. The van der Waals surface area contributed by atoms with Crippen molar-refractivity contribution in [2.75, 3.05) is 5.73 Å². The third kappa shape index (κ3) is 2.67. The summed E-state index contributed by atoms with van der Waals surface area (Å²) in [6, 6.07) is 0.738. The van der Waals surface area contributed by atoms with Crippen LogP contribution in [0.2, 0.25) is 0 Å². The number of anilines is 1. The second-order valence-electron chi connectivity index (χ2n) is 2.60. The van der Waals surface area contributed by atoms with Gasteiger partial charge in [-0.25, -0.2) is 13.8 Å². The molecule has 1 rings (SSSR count). The van der Waals surface area contributed by atoms with Gasteiger partial charge >= 0.3 is 6.18 Å². The zero-order chi connectivity index (χ0) is 11.8. The van der Waals surface area contributed by atoms with Crippen molar-refractivity contribution >= 4 is 28.3 Å². The summed E-state index contributed by atoms with van der Waals surface area (Å²) in [6.45, 7) is 0. The molecule has 0 saturated carbocycles. The molecule has 0 spiro atoms. The van der Waals surface area contributed by atoms with E-state index in [4.69, 9.17) is 5.73 Å². The Kier molecular flexibility index (Phi) is 3.36. The quantitative estimate of drug-likeness (QED) is 0.631. The summed E-state index contributed by atoms with van der Waals surface area (Å²) in [5.74, 6) is 0. The zero-order valence-corrected chi connectivity index (χ0v) is 9.10. The Hall–Kier alpha value is -0.670. The minimum Gasteiger partial charge on any atom is -0.398 e. The van der Waals surface area contributed by atoms with Crippen LogP contribution in [0.1, 0.15) is 17.8 Å². The van der Waals surface area contributed by atoms with Crippen LogP contribution in [-0.4, -0.2) is 4.98 Å². The molecule has 0 fully saturated rings. The van der Waals surface area contributed by atoms with Gasteiger partial charge in [0.1, 0.15) is 5.69 Å². The Morgan fingerprint density at radius 1 is 1.33 bits per heavy atom. The van der Waals surface area contributed by atoms with Crippen LogP contribution in [0.3, 0.4) is 0 Å². The van der Waals surface area contributed by atoms with Crippen molar-refractivity contribution < 1.29 is 22.0 Å². The van der Waals surface area contributed by atoms with E-state index >= 15 is 0 Å². The van der Waals surface area contributed by atoms with Gasteiger partial charge in [-0.05, 0) is 28.7 Å². The van der Waals surface area contributed by atoms with Crippen LogP contribution in [0.15, 0.2) is 6.07 Å². The number of rotatable bonds is 1. The SMILES string of the molecule is Nc1cc(C(F)F)nc(C(F)(F)F)c1I. The Bertz CT molecular complexity index is 376. The topological polar surface area (TPSA) is 38.9 Å². The lowest BCUT2D eigenvalue weighted by atomic mass is 10.2. The number of aromatic nitrogens is 1. The maximum atomic E-state index is 12.3. The van der Waals surface area contributed by atoms with Crippen molar-refractivity contribution in [3.8, 4) is 0 Å². The first-order valence-electron chi connectivity index (χ1n) is 3.54. The highest BCUT2D eigenvalue weighted by Crippen LogP contribution is 2.35. The number of alkyl halides is 5. The van der Waals surface area contributed by atoms with Gasteiger partial charge in [-0.2, -0.15) is 13.2 Å². The van der Waals surface area contributed by atoms with Gasteiger partial charge in [0.2, 0.25) is 0 Å². The molecule has 84 valence electrons. The van der Waals surface area contributed by atoms with Crippen molar-refractivity contribution in [1.29, 1.82) is 0 Å². The fourth-order valence-electron chi connectivity index (χ4n) is 0.869. The maximum absolute atomic E-state index is 12.3. The van der Waals surface area contributed by atoms with E-state index in [0.717, 1.165) is 6.07 Å². The van der Waals surface area contributed by atoms with Crippen LogP contribution < -0.4 is 5.73 Å². The first kappa shape index (κ1) is 12.4. The van der Waals surface area contributed by atoms with Gasteiger partial charge in [-0.1, -0.05) is 0 Å². The van der Waals surface area contributed by atoms with Crippen LogP contribution in [0.4, 0.5) is 27.6 Å². The fraction of sp³-hybridized carbons (Fsp3) is 0.286. The van der Waals surface area contributed by atoms with Gasteiger partial charge < -0.3 is 5.73 Å². The molecule has 1 aromatic heterocycles. The summed E-state index contributed by atoms with van der Waals surface area (Å²) in [5, 5.41) is 0. The molecule has 0 atom stereocenters. The van der Waals surface area contributed by atoms with Crippen LogP contribution in [0.25, 0.3) is 0 Å². The molecular formula is C7H4F5IN2.